The van der Waals surface area contributed by atoms with Crippen molar-refractivity contribution in [1.82, 2.24) is 19.4 Å². The summed E-state index contributed by atoms with van der Waals surface area (Å²) in [5, 5.41) is -0.278. The van der Waals surface area contributed by atoms with E-state index in [2.05, 4.69) is 55.7 Å². The van der Waals surface area contributed by atoms with E-state index in [0.717, 1.165) is 13.1 Å². The van der Waals surface area contributed by atoms with Crippen molar-refractivity contribution in [2.45, 2.75) is 69.9 Å². The first kappa shape index (κ1) is 36.4. The number of benzene rings is 2. The van der Waals surface area contributed by atoms with Crippen molar-refractivity contribution in [2.75, 3.05) is 46.4 Å². The van der Waals surface area contributed by atoms with E-state index < -0.39 is 55.5 Å². The van der Waals surface area contributed by atoms with Crippen molar-refractivity contribution in [3.05, 3.63) is 104 Å². The zero-order chi connectivity index (χ0) is 35.6. The lowest BCUT2D eigenvalue weighted by molar-refractivity contribution is -0.146. The number of piperazine rings is 1. The van der Waals surface area contributed by atoms with Gasteiger partial charge in [0.05, 0.1) is 11.1 Å². The minimum atomic E-state index is -2.67. The average Bonchev–Trinajstić information content (AvgIpc) is 3.34. The Morgan fingerprint density at radius 2 is 1.51 bits per heavy atom. The predicted molar refractivity (Wildman–Crippen MR) is 187 cm³/mol. The molecule has 12 nitrogen and oxygen atoms in total. The van der Waals surface area contributed by atoms with Crippen LogP contribution in [0.15, 0.2) is 76.4 Å². The zero-order valence-electron chi connectivity index (χ0n) is 29.4. The third kappa shape index (κ3) is 8.13. The number of esters is 2. The van der Waals surface area contributed by atoms with Gasteiger partial charge in [0, 0.05) is 44.5 Å². The number of rotatable bonds is 10. The van der Waals surface area contributed by atoms with Gasteiger partial charge in [-0.05, 0) is 56.4 Å². The number of H-pyrrole nitrogens is 1. The molecule has 1 aromatic heterocycles. The molecule has 49 heavy (non-hydrogen) atoms. The number of nitrogens with one attached hydrogen (secondary N) is 1. The average molecular weight is 693 g/mol. The SMILES string of the molecule is Cc1cn([C@@H]2O[C@@](COC(=O)c3ccccc3)(CN3CCN(C)CC3)[C@H](OC(=O)c3ccccc3)[C@H]2O[Si](C)(C)C(C)(C)C)c(=O)[nH]c1=O. The van der Waals surface area contributed by atoms with Gasteiger partial charge in [-0.1, -0.05) is 57.2 Å². The number of hydrogen-bond donors (Lipinski definition) is 1. The molecule has 0 saturated carbocycles. The lowest BCUT2D eigenvalue weighted by atomic mass is 9.94. The molecule has 13 heteroatoms. The van der Waals surface area contributed by atoms with Crippen molar-refractivity contribution < 1.29 is 28.2 Å². The third-order valence-electron chi connectivity index (χ3n) is 9.90. The van der Waals surface area contributed by atoms with E-state index in [-0.39, 0.29) is 18.2 Å². The minimum absolute atomic E-state index is 0.209. The molecular formula is C36H48N4O8Si. The van der Waals surface area contributed by atoms with E-state index >= 15 is 0 Å². The summed E-state index contributed by atoms with van der Waals surface area (Å²) in [7, 11) is -0.616. The van der Waals surface area contributed by atoms with Crippen LogP contribution in [-0.2, 0) is 18.6 Å². The number of hydrogen-bond acceptors (Lipinski definition) is 10. The Morgan fingerprint density at radius 3 is 2.08 bits per heavy atom. The van der Waals surface area contributed by atoms with Crippen LogP contribution in [0.5, 0.6) is 0 Å². The highest BCUT2D eigenvalue weighted by Gasteiger charge is 2.62. The molecule has 0 radical (unpaired) electrons. The van der Waals surface area contributed by atoms with Gasteiger partial charge in [-0.3, -0.25) is 19.2 Å². The van der Waals surface area contributed by atoms with Crippen molar-refractivity contribution in [1.29, 1.82) is 0 Å². The summed E-state index contributed by atoms with van der Waals surface area (Å²) in [5.74, 6) is -1.18. The first-order valence-corrected chi connectivity index (χ1v) is 19.6. The normalized spacial score (nSPS) is 23.7. The molecule has 2 aromatic carbocycles. The summed E-state index contributed by atoms with van der Waals surface area (Å²) < 4.78 is 27.8. The minimum Gasteiger partial charge on any atom is -0.459 e. The van der Waals surface area contributed by atoms with E-state index in [9.17, 15) is 19.2 Å². The van der Waals surface area contributed by atoms with Crippen LogP contribution in [0, 0.1) is 6.92 Å². The molecule has 0 aliphatic carbocycles. The monoisotopic (exact) mass is 692 g/mol. The Morgan fingerprint density at radius 1 is 0.939 bits per heavy atom. The van der Waals surface area contributed by atoms with Crippen LogP contribution in [0.25, 0.3) is 0 Å². The number of nitrogens with zero attached hydrogens (tertiary/aromatic N) is 3. The molecule has 2 aliphatic rings. The van der Waals surface area contributed by atoms with Gasteiger partial charge < -0.3 is 23.5 Å². The standard InChI is InChI=1S/C36H48N4O8Si/c1-25-22-40(34(44)37-30(25)41)31-28(48-49(6,7)35(2,3)4)29(46-33(43)27-16-12-9-13-17-27)36(47-31,23-39-20-18-38(5)19-21-39)24-45-32(42)26-14-10-8-11-15-26/h8-17,22,28-29,31H,18-21,23-24H2,1-7H3,(H,37,41,44)/t28-,29-,31-,36-/m1/s1. The predicted octanol–water partition coefficient (Wildman–Crippen LogP) is 3.83. The summed E-state index contributed by atoms with van der Waals surface area (Å²) in [6.07, 6.45) is -1.86. The molecule has 0 spiro atoms. The van der Waals surface area contributed by atoms with Crippen LogP contribution in [0.3, 0.4) is 0 Å². The smallest absolute Gasteiger partial charge is 0.338 e. The van der Waals surface area contributed by atoms with Crippen molar-refractivity contribution in [3.8, 4) is 0 Å². The Bertz CT molecular complexity index is 1730. The van der Waals surface area contributed by atoms with Crippen LogP contribution >= 0.6 is 0 Å². The number of ether oxygens (including phenoxy) is 3. The van der Waals surface area contributed by atoms with Crippen LogP contribution in [-0.4, -0.2) is 104 Å². The second-order valence-electron chi connectivity index (χ2n) is 14.6. The molecule has 1 N–H and O–H groups in total. The second-order valence-corrected chi connectivity index (χ2v) is 19.4. The number of carbonyl (C=O) groups excluding carboxylic acids is 2. The maximum absolute atomic E-state index is 13.9. The van der Waals surface area contributed by atoms with E-state index in [1.165, 1.54) is 10.8 Å². The molecule has 264 valence electrons. The first-order valence-electron chi connectivity index (χ1n) is 16.7. The van der Waals surface area contributed by atoms with Gasteiger partial charge in [0.2, 0.25) is 0 Å². The maximum Gasteiger partial charge on any atom is 0.338 e. The largest absolute Gasteiger partial charge is 0.459 e. The molecule has 2 fully saturated rings. The summed E-state index contributed by atoms with van der Waals surface area (Å²) in [6.45, 7) is 14.9. The van der Waals surface area contributed by atoms with Gasteiger partial charge in [-0.2, -0.15) is 0 Å². The Hall–Kier alpha value is -3.88. The molecule has 0 amide bonds. The molecule has 3 heterocycles. The fraction of sp³-hybridized carbons (Fsp3) is 0.500. The van der Waals surface area contributed by atoms with E-state index in [0.29, 0.717) is 29.8 Å². The van der Waals surface area contributed by atoms with Gasteiger partial charge in [0.25, 0.3) is 5.56 Å². The Balaban J connectivity index is 1.67. The van der Waals surface area contributed by atoms with Crippen molar-refractivity contribution in [2.24, 2.45) is 0 Å². The molecule has 2 saturated heterocycles. The van der Waals surface area contributed by atoms with Crippen molar-refractivity contribution >= 4 is 20.3 Å². The lowest BCUT2D eigenvalue weighted by Crippen LogP contribution is -2.60. The summed E-state index contributed by atoms with van der Waals surface area (Å²) >= 11 is 0. The summed E-state index contributed by atoms with van der Waals surface area (Å²) in [4.78, 5) is 60.1. The number of carbonyl (C=O) groups is 2. The van der Waals surface area contributed by atoms with E-state index in [1.807, 2.05) is 6.07 Å². The van der Waals surface area contributed by atoms with Gasteiger partial charge in [-0.15, -0.1) is 0 Å². The fourth-order valence-electron chi connectivity index (χ4n) is 5.90. The summed E-state index contributed by atoms with van der Waals surface area (Å²) in [6, 6.07) is 17.2. The Labute approximate surface area is 288 Å². The lowest BCUT2D eigenvalue weighted by Gasteiger charge is -2.42. The highest BCUT2D eigenvalue weighted by Crippen LogP contribution is 2.46. The summed E-state index contributed by atoms with van der Waals surface area (Å²) in [5.41, 5.74) is -1.73. The van der Waals surface area contributed by atoms with E-state index in [4.69, 9.17) is 18.6 Å². The molecular weight excluding hydrogens is 645 g/mol. The van der Waals surface area contributed by atoms with Crippen LogP contribution in [0.2, 0.25) is 18.1 Å². The topological polar surface area (TPSA) is 132 Å². The Kier molecular flexibility index (Phi) is 10.8. The molecule has 0 bridgehead atoms. The maximum atomic E-state index is 13.9. The van der Waals surface area contributed by atoms with Crippen LogP contribution in [0.1, 0.15) is 53.3 Å². The molecule has 0 unspecified atom stereocenters. The quantitative estimate of drug-likeness (QED) is 0.247. The molecule has 5 rings (SSSR count). The van der Waals surface area contributed by atoms with Crippen molar-refractivity contribution in [3.63, 3.8) is 0 Å². The van der Waals surface area contributed by atoms with Gasteiger partial charge in [-0.25, -0.2) is 14.4 Å². The number of aromatic amines is 1. The molecule has 2 aliphatic heterocycles. The highest BCUT2D eigenvalue weighted by molar-refractivity contribution is 6.74. The fourth-order valence-corrected chi connectivity index (χ4v) is 7.18. The third-order valence-corrected chi connectivity index (χ3v) is 14.4. The highest BCUT2D eigenvalue weighted by atomic mass is 28.4. The van der Waals surface area contributed by atoms with Gasteiger partial charge in [0.15, 0.2) is 26.3 Å². The van der Waals surface area contributed by atoms with Crippen LogP contribution < -0.4 is 11.2 Å². The van der Waals surface area contributed by atoms with E-state index in [1.54, 1.807) is 61.5 Å². The first-order chi connectivity index (χ1) is 23.1. The second kappa shape index (κ2) is 14.5. The number of aromatic nitrogens is 2. The molecule has 4 atom stereocenters. The number of likely N-dealkylation sites (N-methyl/N-ethyl adjacent to an activating group) is 1. The zero-order valence-corrected chi connectivity index (χ0v) is 30.4. The van der Waals surface area contributed by atoms with Gasteiger partial charge >= 0.3 is 17.6 Å². The molecule has 3 aromatic rings. The van der Waals surface area contributed by atoms with Gasteiger partial charge in [0.1, 0.15) is 12.7 Å². The van der Waals surface area contributed by atoms with Crippen LogP contribution in [0.4, 0.5) is 0 Å². The number of aryl methyl sites for hydroxylation is 1.